The Hall–Kier alpha value is -2.27. The summed E-state index contributed by atoms with van der Waals surface area (Å²) < 4.78 is 0. The van der Waals surface area contributed by atoms with E-state index in [1.165, 1.54) is 18.6 Å². The lowest BCUT2D eigenvalue weighted by atomic mass is 10.1. The summed E-state index contributed by atoms with van der Waals surface area (Å²) in [5.41, 5.74) is 2.31. The number of nitrogens with zero attached hydrogens (tertiary/aromatic N) is 2. The highest BCUT2D eigenvalue weighted by atomic mass is 16.3. The van der Waals surface area contributed by atoms with Gasteiger partial charge in [0, 0.05) is 18.9 Å². The minimum absolute atomic E-state index is 0.0453. The van der Waals surface area contributed by atoms with Crippen molar-refractivity contribution in [1.82, 2.24) is 15.3 Å². The van der Waals surface area contributed by atoms with Gasteiger partial charge in [0.05, 0.1) is 12.8 Å². The predicted octanol–water partition coefficient (Wildman–Crippen LogP) is 0.941. The molecule has 5 heteroatoms. The van der Waals surface area contributed by atoms with E-state index in [0.29, 0.717) is 12.2 Å². The largest absolute Gasteiger partial charge is 0.392 e. The van der Waals surface area contributed by atoms with Gasteiger partial charge in [0.1, 0.15) is 5.69 Å². The fourth-order valence-corrected chi connectivity index (χ4v) is 1.64. The van der Waals surface area contributed by atoms with Crippen LogP contribution in [0.25, 0.3) is 0 Å². The lowest BCUT2D eigenvalue weighted by molar-refractivity contribution is 0.0948. The molecule has 1 amide bonds. The van der Waals surface area contributed by atoms with Crippen LogP contribution in [0.4, 0.5) is 0 Å². The quantitative estimate of drug-likeness (QED) is 0.836. The molecule has 98 valence electrons. The van der Waals surface area contributed by atoms with Crippen LogP contribution in [0.15, 0.2) is 42.9 Å². The summed E-state index contributed by atoms with van der Waals surface area (Å²) in [6, 6.07) is 7.64. The molecule has 0 aliphatic carbocycles. The molecule has 0 aliphatic heterocycles. The van der Waals surface area contributed by atoms with Crippen LogP contribution in [0, 0.1) is 0 Å². The molecule has 0 radical (unpaired) electrons. The number of carbonyl (C=O) groups excluding carboxylic acids is 1. The Labute approximate surface area is 111 Å². The Balaban J connectivity index is 1.81. The molecule has 2 aromatic rings. The van der Waals surface area contributed by atoms with Crippen molar-refractivity contribution < 1.29 is 9.90 Å². The summed E-state index contributed by atoms with van der Waals surface area (Å²) in [6.07, 6.45) is 5.19. The maximum atomic E-state index is 11.7. The second-order valence-electron chi connectivity index (χ2n) is 4.07. The van der Waals surface area contributed by atoms with Crippen molar-refractivity contribution in [3.8, 4) is 0 Å². The molecule has 1 aromatic carbocycles. The molecular weight excluding hydrogens is 242 g/mol. The van der Waals surface area contributed by atoms with Crippen molar-refractivity contribution in [3.63, 3.8) is 0 Å². The second-order valence-corrected chi connectivity index (χ2v) is 4.07. The van der Waals surface area contributed by atoms with E-state index in [1.807, 2.05) is 24.3 Å². The number of aliphatic hydroxyl groups is 1. The Kier molecular flexibility index (Phi) is 4.58. The van der Waals surface area contributed by atoms with Crippen LogP contribution in [0.3, 0.4) is 0 Å². The average molecular weight is 257 g/mol. The highest BCUT2D eigenvalue weighted by Gasteiger charge is 2.05. The SMILES string of the molecule is O=C(NCCc1ccc(CO)cc1)c1cnccn1. The Morgan fingerprint density at radius 1 is 1.16 bits per heavy atom. The van der Waals surface area contributed by atoms with Crippen LogP contribution in [0.1, 0.15) is 21.6 Å². The van der Waals surface area contributed by atoms with E-state index < -0.39 is 0 Å². The number of amides is 1. The molecule has 0 bridgehead atoms. The van der Waals surface area contributed by atoms with Crippen molar-refractivity contribution in [2.45, 2.75) is 13.0 Å². The lowest BCUT2D eigenvalue weighted by Gasteiger charge is -2.05. The van der Waals surface area contributed by atoms with Gasteiger partial charge < -0.3 is 10.4 Å². The Morgan fingerprint density at radius 3 is 2.53 bits per heavy atom. The van der Waals surface area contributed by atoms with E-state index in [-0.39, 0.29) is 12.5 Å². The van der Waals surface area contributed by atoms with Gasteiger partial charge in [0.2, 0.25) is 0 Å². The van der Waals surface area contributed by atoms with Gasteiger partial charge in [0.15, 0.2) is 0 Å². The van der Waals surface area contributed by atoms with Crippen LogP contribution in [0.5, 0.6) is 0 Å². The van der Waals surface area contributed by atoms with Crippen molar-refractivity contribution in [3.05, 3.63) is 59.7 Å². The van der Waals surface area contributed by atoms with E-state index in [2.05, 4.69) is 15.3 Å². The van der Waals surface area contributed by atoms with E-state index in [9.17, 15) is 4.79 Å². The van der Waals surface area contributed by atoms with E-state index >= 15 is 0 Å². The number of carbonyl (C=O) groups is 1. The fraction of sp³-hybridized carbons (Fsp3) is 0.214. The van der Waals surface area contributed by atoms with Gasteiger partial charge in [-0.15, -0.1) is 0 Å². The average Bonchev–Trinajstić information content (AvgIpc) is 2.49. The van der Waals surface area contributed by atoms with Crippen molar-refractivity contribution in [2.24, 2.45) is 0 Å². The summed E-state index contributed by atoms with van der Waals surface area (Å²) in [5.74, 6) is -0.222. The van der Waals surface area contributed by atoms with Gasteiger partial charge >= 0.3 is 0 Å². The molecule has 2 rings (SSSR count). The monoisotopic (exact) mass is 257 g/mol. The number of aliphatic hydroxyl groups excluding tert-OH is 1. The van der Waals surface area contributed by atoms with Crippen LogP contribution in [-0.4, -0.2) is 27.5 Å². The van der Waals surface area contributed by atoms with E-state index in [4.69, 9.17) is 5.11 Å². The van der Waals surface area contributed by atoms with Gasteiger partial charge in [-0.2, -0.15) is 0 Å². The highest BCUT2D eigenvalue weighted by Crippen LogP contribution is 2.04. The first kappa shape index (κ1) is 13.2. The third kappa shape index (κ3) is 3.86. The molecule has 0 aliphatic rings. The highest BCUT2D eigenvalue weighted by molar-refractivity contribution is 5.91. The zero-order valence-electron chi connectivity index (χ0n) is 10.4. The smallest absolute Gasteiger partial charge is 0.271 e. The van der Waals surface area contributed by atoms with Gasteiger partial charge in [-0.25, -0.2) is 4.98 Å². The molecule has 0 fully saturated rings. The Bertz CT molecular complexity index is 526. The summed E-state index contributed by atoms with van der Waals surface area (Å²) in [4.78, 5) is 19.5. The number of aromatic nitrogens is 2. The van der Waals surface area contributed by atoms with Gasteiger partial charge in [-0.1, -0.05) is 24.3 Å². The molecule has 5 nitrogen and oxygen atoms in total. The zero-order valence-corrected chi connectivity index (χ0v) is 10.4. The predicted molar refractivity (Wildman–Crippen MR) is 70.4 cm³/mol. The molecule has 0 saturated carbocycles. The number of nitrogens with one attached hydrogen (secondary N) is 1. The first-order valence-corrected chi connectivity index (χ1v) is 6.02. The molecule has 0 spiro atoms. The van der Waals surface area contributed by atoms with Gasteiger partial charge in [-0.05, 0) is 17.5 Å². The second kappa shape index (κ2) is 6.61. The maximum Gasteiger partial charge on any atom is 0.271 e. The molecule has 0 saturated heterocycles. The van der Waals surface area contributed by atoms with Crippen LogP contribution < -0.4 is 5.32 Å². The molecular formula is C14H15N3O2. The summed E-state index contributed by atoms with van der Waals surface area (Å²) >= 11 is 0. The van der Waals surface area contributed by atoms with E-state index in [1.54, 1.807) is 0 Å². The van der Waals surface area contributed by atoms with Crippen molar-refractivity contribution in [1.29, 1.82) is 0 Å². The Morgan fingerprint density at radius 2 is 1.89 bits per heavy atom. The lowest BCUT2D eigenvalue weighted by Crippen LogP contribution is -2.26. The molecule has 0 atom stereocenters. The summed E-state index contributed by atoms with van der Waals surface area (Å²) in [6.45, 7) is 0.581. The van der Waals surface area contributed by atoms with Crippen LogP contribution in [-0.2, 0) is 13.0 Å². The van der Waals surface area contributed by atoms with Crippen molar-refractivity contribution >= 4 is 5.91 Å². The fourth-order valence-electron chi connectivity index (χ4n) is 1.64. The van der Waals surface area contributed by atoms with Crippen LogP contribution >= 0.6 is 0 Å². The third-order valence-corrected chi connectivity index (χ3v) is 2.70. The maximum absolute atomic E-state index is 11.7. The summed E-state index contributed by atoms with van der Waals surface area (Å²) in [7, 11) is 0. The number of benzene rings is 1. The molecule has 19 heavy (non-hydrogen) atoms. The van der Waals surface area contributed by atoms with E-state index in [0.717, 1.165) is 17.5 Å². The normalized spacial score (nSPS) is 10.2. The molecule has 1 heterocycles. The van der Waals surface area contributed by atoms with Crippen molar-refractivity contribution in [2.75, 3.05) is 6.54 Å². The number of hydrogen-bond donors (Lipinski definition) is 2. The molecule has 1 aromatic heterocycles. The first-order chi connectivity index (χ1) is 9.29. The molecule has 2 N–H and O–H groups in total. The minimum atomic E-state index is -0.222. The zero-order chi connectivity index (χ0) is 13.5. The topological polar surface area (TPSA) is 75.1 Å². The number of hydrogen-bond acceptors (Lipinski definition) is 4. The van der Waals surface area contributed by atoms with Crippen LogP contribution in [0.2, 0.25) is 0 Å². The minimum Gasteiger partial charge on any atom is -0.392 e. The molecule has 0 unspecified atom stereocenters. The number of rotatable bonds is 5. The summed E-state index contributed by atoms with van der Waals surface area (Å²) in [5, 5.41) is 11.7. The first-order valence-electron chi connectivity index (χ1n) is 6.02. The standard InChI is InChI=1S/C14H15N3O2/c18-10-12-3-1-11(2-4-12)5-6-17-14(19)13-9-15-7-8-16-13/h1-4,7-9,18H,5-6,10H2,(H,17,19). The van der Waals surface area contributed by atoms with Gasteiger partial charge in [0.25, 0.3) is 5.91 Å². The van der Waals surface area contributed by atoms with Gasteiger partial charge in [-0.3, -0.25) is 9.78 Å². The third-order valence-electron chi connectivity index (χ3n) is 2.70.